The highest BCUT2D eigenvalue weighted by atomic mass is 32.2. The SMILES string of the molecule is CC(C)(C)N(CCCC1(C(C)(C)C)CC1)S(C)(=O)=O. The highest BCUT2D eigenvalue weighted by molar-refractivity contribution is 7.88. The molecule has 0 heterocycles. The molecule has 1 rings (SSSR count). The highest BCUT2D eigenvalue weighted by Gasteiger charge is 2.50. The van der Waals surface area contributed by atoms with E-state index in [4.69, 9.17) is 0 Å². The van der Waals surface area contributed by atoms with E-state index in [0.717, 1.165) is 12.8 Å². The van der Waals surface area contributed by atoms with Crippen molar-refractivity contribution in [1.29, 1.82) is 0 Å². The molecule has 1 aliphatic rings. The first-order chi connectivity index (χ1) is 8.30. The number of hydrogen-bond acceptors (Lipinski definition) is 2. The maximum absolute atomic E-state index is 11.9. The minimum absolute atomic E-state index is 0.327. The number of rotatable bonds is 5. The van der Waals surface area contributed by atoms with Gasteiger partial charge in [-0.25, -0.2) is 8.42 Å². The first-order valence-corrected chi connectivity index (χ1v) is 9.12. The Kier molecular flexibility index (Phi) is 4.49. The van der Waals surface area contributed by atoms with Gasteiger partial charge < -0.3 is 0 Å². The van der Waals surface area contributed by atoms with Gasteiger partial charge in [-0.1, -0.05) is 20.8 Å². The lowest BCUT2D eigenvalue weighted by molar-refractivity contribution is 0.179. The Bertz CT molecular complexity index is 408. The molecule has 0 unspecified atom stereocenters. The van der Waals surface area contributed by atoms with Gasteiger partial charge >= 0.3 is 0 Å². The van der Waals surface area contributed by atoms with E-state index in [1.807, 2.05) is 20.8 Å². The number of sulfonamides is 1. The van der Waals surface area contributed by atoms with Gasteiger partial charge in [0.2, 0.25) is 10.0 Å². The lowest BCUT2D eigenvalue weighted by atomic mass is 9.75. The molecule has 0 aliphatic heterocycles. The summed E-state index contributed by atoms with van der Waals surface area (Å²) in [5, 5.41) is 0. The summed E-state index contributed by atoms with van der Waals surface area (Å²) < 4.78 is 25.4. The summed E-state index contributed by atoms with van der Waals surface area (Å²) >= 11 is 0. The first kappa shape index (κ1) is 17.0. The zero-order valence-electron chi connectivity index (χ0n) is 13.7. The van der Waals surface area contributed by atoms with Crippen LogP contribution in [0.15, 0.2) is 0 Å². The molecule has 0 spiro atoms. The van der Waals surface area contributed by atoms with Gasteiger partial charge in [0.1, 0.15) is 0 Å². The molecule has 1 aliphatic carbocycles. The summed E-state index contributed by atoms with van der Waals surface area (Å²) in [5.41, 5.74) is 0.463. The summed E-state index contributed by atoms with van der Waals surface area (Å²) in [6, 6.07) is 0. The molecule has 0 bridgehead atoms. The van der Waals surface area contributed by atoms with Gasteiger partial charge in [0, 0.05) is 12.1 Å². The van der Waals surface area contributed by atoms with Crippen molar-refractivity contribution in [3.63, 3.8) is 0 Å². The molecule has 1 saturated carbocycles. The Labute approximate surface area is 119 Å². The van der Waals surface area contributed by atoms with E-state index in [9.17, 15) is 8.42 Å². The summed E-state index contributed by atoms with van der Waals surface area (Å²) in [7, 11) is -3.12. The monoisotopic (exact) mass is 289 g/mol. The molecule has 0 amide bonds. The zero-order chi connectivity index (χ0) is 15.1. The molecule has 114 valence electrons. The van der Waals surface area contributed by atoms with E-state index in [-0.39, 0.29) is 5.54 Å². The largest absolute Gasteiger partial charge is 0.212 e. The Morgan fingerprint density at radius 3 is 1.79 bits per heavy atom. The maximum atomic E-state index is 11.9. The fourth-order valence-electron chi connectivity index (χ4n) is 3.09. The van der Waals surface area contributed by atoms with Crippen molar-refractivity contribution in [2.45, 2.75) is 72.8 Å². The van der Waals surface area contributed by atoms with Crippen LogP contribution in [-0.4, -0.2) is 31.1 Å². The molecule has 0 aromatic carbocycles. The fourth-order valence-corrected chi connectivity index (χ4v) is 4.54. The molecule has 3 nitrogen and oxygen atoms in total. The van der Waals surface area contributed by atoms with Crippen LogP contribution in [0, 0.1) is 10.8 Å². The van der Waals surface area contributed by atoms with Crippen LogP contribution in [0.5, 0.6) is 0 Å². The van der Waals surface area contributed by atoms with Crippen LogP contribution in [-0.2, 0) is 10.0 Å². The van der Waals surface area contributed by atoms with Crippen molar-refractivity contribution in [1.82, 2.24) is 4.31 Å². The molecule has 19 heavy (non-hydrogen) atoms. The van der Waals surface area contributed by atoms with E-state index >= 15 is 0 Å². The van der Waals surface area contributed by atoms with Crippen LogP contribution in [0.1, 0.15) is 67.2 Å². The van der Waals surface area contributed by atoms with Crippen molar-refractivity contribution >= 4 is 10.0 Å². The van der Waals surface area contributed by atoms with E-state index < -0.39 is 10.0 Å². The quantitative estimate of drug-likeness (QED) is 0.774. The van der Waals surface area contributed by atoms with Crippen molar-refractivity contribution in [2.75, 3.05) is 12.8 Å². The van der Waals surface area contributed by atoms with Crippen LogP contribution >= 0.6 is 0 Å². The molecule has 4 heteroatoms. The number of nitrogens with zero attached hydrogens (tertiary/aromatic N) is 1. The second-order valence-corrected chi connectivity index (χ2v) is 10.0. The van der Waals surface area contributed by atoms with Crippen LogP contribution in [0.4, 0.5) is 0 Å². The predicted octanol–water partition coefficient (Wildman–Crippen LogP) is 3.65. The minimum atomic E-state index is -3.12. The smallest absolute Gasteiger partial charge is 0.211 e. The predicted molar refractivity (Wildman–Crippen MR) is 81.7 cm³/mol. The van der Waals surface area contributed by atoms with Gasteiger partial charge in [0.05, 0.1) is 6.26 Å². The zero-order valence-corrected chi connectivity index (χ0v) is 14.5. The fraction of sp³-hybridized carbons (Fsp3) is 1.00. The summed E-state index contributed by atoms with van der Waals surface area (Å²) in [5.74, 6) is 0. The lowest BCUT2D eigenvalue weighted by Crippen LogP contribution is -2.45. The van der Waals surface area contributed by atoms with Crippen molar-refractivity contribution in [3.05, 3.63) is 0 Å². The van der Waals surface area contributed by atoms with E-state index in [0.29, 0.717) is 17.4 Å². The van der Waals surface area contributed by atoms with Crippen molar-refractivity contribution in [3.8, 4) is 0 Å². The molecule has 0 atom stereocenters. The van der Waals surface area contributed by atoms with E-state index in [2.05, 4.69) is 20.8 Å². The summed E-state index contributed by atoms with van der Waals surface area (Å²) in [6.07, 6.45) is 6.00. The van der Waals surface area contributed by atoms with E-state index in [1.165, 1.54) is 19.1 Å². The average Bonchev–Trinajstić information content (AvgIpc) is 2.87. The Balaban J connectivity index is 2.61. The Morgan fingerprint density at radius 2 is 1.53 bits per heavy atom. The van der Waals surface area contributed by atoms with Crippen LogP contribution in [0.25, 0.3) is 0 Å². The molecule has 0 N–H and O–H groups in total. The molecule has 0 saturated heterocycles. The molecule has 0 aromatic heterocycles. The molecule has 0 radical (unpaired) electrons. The van der Waals surface area contributed by atoms with Gasteiger partial charge in [0.25, 0.3) is 0 Å². The third kappa shape index (κ3) is 4.19. The van der Waals surface area contributed by atoms with Gasteiger partial charge in [-0.3, -0.25) is 0 Å². The topological polar surface area (TPSA) is 37.4 Å². The first-order valence-electron chi connectivity index (χ1n) is 7.27. The van der Waals surface area contributed by atoms with Gasteiger partial charge in [-0.2, -0.15) is 4.31 Å². The van der Waals surface area contributed by atoms with Crippen LogP contribution < -0.4 is 0 Å². The Hall–Kier alpha value is -0.0900. The van der Waals surface area contributed by atoms with Gasteiger partial charge in [-0.05, 0) is 57.3 Å². The van der Waals surface area contributed by atoms with Crippen LogP contribution in [0.3, 0.4) is 0 Å². The Morgan fingerprint density at radius 1 is 1.05 bits per heavy atom. The third-order valence-corrected chi connectivity index (χ3v) is 6.14. The van der Waals surface area contributed by atoms with Gasteiger partial charge in [0.15, 0.2) is 0 Å². The normalized spacial score (nSPS) is 19.8. The van der Waals surface area contributed by atoms with Gasteiger partial charge in [-0.15, -0.1) is 0 Å². The second-order valence-electron chi connectivity index (χ2n) is 8.14. The third-order valence-electron chi connectivity index (χ3n) is 4.61. The molecular weight excluding hydrogens is 258 g/mol. The standard InChI is InChI=1S/C15H31NO2S/c1-13(2,3)15(10-11-15)9-8-12-16(14(4,5)6)19(7,17)18/h8-12H2,1-7H3. The molecule has 1 fully saturated rings. The second kappa shape index (κ2) is 5.03. The van der Waals surface area contributed by atoms with Crippen molar-refractivity contribution in [2.24, 2.45) is 10.8 Å². The lowest BCUT2D eigenvalue weighted by Gasteiger charge is -2.35. The summed E-state index contributed by atoms with van der Waals surface area (Å²) in [6.45, 7) is 13.4. The molecular formula is C15H31NO2S. The van der Waals surface area contributed by atoms with Crippen molar-refractivity contribution < 1.29 is 8.42 Å². The molecule has 0 aromatic rings. The minimum Gasteiger partial charge on any atom is -0.212 e. The number of hydrogen-bond donors (Lipinski definition) is 0. The summed E-state index contributed by atoms with van der Waals surface area (Å²) in [4.78, 5) is 0. The van der Waals surface area contributed by atoms with E-state index in [1.54, 1.807) is 4.31 Å². The average molecular weight is 289 g/mol. The van der Waals surface area contributed by atoms with Crippen LogP contribution in [0.2, 0.25) is 0 Å². The maximum Gasteiger partial charge on any atom is 0.211 e. The highest BCUT2D eigenvalue weighted by Crippen LogP contribution is 2.61.